The Morgan fingerprint density at radius 3 is 2.57 bits per heavy atom. The minimum atomic E-state index is -1.15. The average molecular weight is 387 g/mol. The Kier molecular flexibility index (Phi) is 6.26. The highest BCUT2D eigenvalue weighted by atomic mass is 19.1. The van der Waals surface area contributed by atoms with Crippen molar-refractivity contribution in [3.05, 3.63) is 65.5 Å². The molecule has 1 aliphatic heterocycles. The summed E-state index contributed by atoms with van der Waals surface area (Å²) >= 11 is 0. The van der Waals surface area contributed by atoms with Gasteiger partial charge in [-0.1, -0.05) is 30.3 Å². The summed E-state index contributed by atoms with van der Waals surface area (Å²) in [7, 11) is 0. The van der Waals surface area contributed by atoms with Crippen LogP contribution in [-0.2, 0) is 14.3 Å². The number of carboxylic acids is 1. The summed E-state index contributed by atoms with van der Waals surface area (Å²) in [4.78, 5) is 22.5. The molecule has 3 rings (SSSR count). The lowest BCUT2D eigenvalue weighted by atomic mass is 9.91. The third kappa shape index (κ3) is 5.07. The molecule has 1 amide bonds. The summed E-state index contributed by atoms with van der Waals surface area (Å²) in [6.45, 7) is 0.877. The monoisotopic (exact) mass is 387 g/mol. The number of benzene rings is 2. The standard InChI is InChI=1S/C21H22FNO5/c1-13(24)23-16-10-18(14-5-3-2-4-6-14)28-20(11-16)17-8-7-15(22)9-19(17)27-12-21(25)26/h2-9,16,18,20H,10-12H2,1H3,(H,23,24)(H,25,26)/t16-,18-,20+/m0/s1. The highest BCUT2D eigenvalue weighted by Crippen LogP contribution is 2.41. The summed E-state index contributed by atoms with van der Waals surface area (Å²) in [5, 5.41) is 11.8. The van der Waals surface area contributed by atoms with Gasteiger partial charge in [0.2, 0.25) is 5.91 Å². The zero-order valence-electron chi connectivity index (χ0n) is 15.4. The molecule has 0 bridgehead atoms. The summed E-state index contributed by atoms with van der Waals surface area (Å²) in [5.74, 6) is -1.70. The summed E-state index contributed by atoms with van der Waals surface area (Å²) < 4.78 is 25.2. The van der Waals surface area contributed by atoms with Gasteiger partial charge in [-0.2, -0.15) is 0 Å². The number of carbonyl (C=O) groups excluding carboxylic acids is 1. The molecule has 2 aromatic rings. The van der Waals surface area contributed by atoms with E-state index in [0.29, 0.717) is 18.4 Å². The Morgan fingerprint density at radius 1 is 1.18 bits per heavy atom. The fraction of sp³-hybridized carbons (Fsp3) is 0.333. The van der Waals surface area contributed by atoms with E-state index in [1.54, 1.807) is 0 Å². The second kappa shape index (κ2) is 8.84. The first-order chi connectivity index (χ1) is 13.4. The van der Waals surface area contributed by atoms with Crippen molar-refractivity contribution in [1.29, 1.82) is 0 Å². The van der Waals surface area contributed by atoms with Crippen molar-refractivity contribution in [2.75, 3.05) is 6.61 Å². The first-order valence-corrected chi connectivity index (χ1v) is 9.04. The molecule has 148 valence electrons. The van der Waals surface area contributed by atoms with Crippen LogP contribution < -0.4 is 10.1 Å². The molecular formula is C21H22FNO5. The number of nitrogens with one attached hydrogen (secondary N) is 1. The molecule has 0 unspecified atom stereocenters. The van der Waals surface area contributed by atoms with E-state index >= 15 is 0 Å². The van der Waals surface area contributed by atoms with E-state index in [-0.39, 0.29) is 23.8 Å². The van der Waals surface area contributed by atoms with Gasteiger partial charge in [-0.15, -0.1) is 0 Å². The Hall–Kier alpha value is -2.93. The van der Waals surface area contributed by atoms with Crippen LogP contribution in [0.25, 0.3) is 0 Å². The third-order valence-electron chi connectivity index (χ3n) is 4.58. The zero-order chi connectivity index (χ0) is 20.1. The van der Waals surface area contributed by atoms with Crippen molar-refractivity contribution in [2.24, 2.45) is 0 Å². The van der Waals surface area contributed by atoms with Crippen LogP contribution >= 0.6 is 0 Å². The Balaban J connectivity index is 1.90. The van der Waals surface area contributed by atoms with E-state index in [9.17, 15) is 14.0 Å². The lowest BCUT2D eigenvalue weighted by Gasteiger charge is -2.36. The van der Waals surface area contributed by atoms with Crippen molar-refractivity contribution in [2.45, 2.75) is 38.0 Å². The van der Waals surface area contributed by atoms with Gasteiger partial charge in [0.15, 0.2) is 6.61 Å². The van der Waals surface area contributed by atoms with Crippen molar-refractivity contribution in [1.82, 2.24) is 5.32 Å². The molecule has 1 aliphatic rings. The van der Waals surface area contributed by atoms with Gasteiger partial charge in [-0.05, 0) is 30.5 Å². The van der Waals surface area contributed by atoms with Gasteiger partial charge in [0.1, 0.15) is 11.6 Å². The number of halogens is 1. The van der Waals surface area contributed by atoms with Crippen LogP contribution in [0.15, 0.2) is 48.5 Å². The van der Waals surface area contributed by atoms with Crippen molar-refractivity contribution < 1.29 is 28.6 Å². The zero-order valence-corrected chi connectivity index (χ0v) is 15.4. The van der Waals surface area contributed by atoms with Crippen LogP contribution in [0.5, 0.6) is 5.75 Å². The highest BCUT2D eigenvalue weighted by Gasteiger charge is 2.33. The lowest BCUT2D eigenvalue weighted by Crippen LogP contribution is -2.39. The molecular weight excluding hydrogens is 365 g/mol. The molecule has 0 radical (unpaired) electrons. The molecule has 3 atom stereocenters. The molecule has 0 aliphatic carbocycles. The van der Waals surface area contributed by atoms with Gasteiger partial charge < -0.3 is 19.9 Å². The van der Waals surface area contributed by atoms with Gasteiger partial charge in [0.05, 0.1) is 12.2 Å². The number of hydrogen-bond acceptors (Lipinski definition) is 4. The van der Waals surface area contributed by atoms with E-state index in [1.165, 1.54) is 19.1 Å². The second-order valence-electron chi connectivity index (χ2n) is 6.76. The molecule has 1 saturated heterocycles. The van der Waals surface area contributed by atoms with Gasteiger partial charge in [-0.25, -0.2) is 9.18 Å². The molecule has 0 saturated carbocycles. The van der Waals surface area contributed by atoms with Crippen LogP contribution in [0, 0.1) is 5.82 Å². The molecule has 28 heavy (non-hydrogen) atoms. The predicted molar refractivity (Wildman–Crippen MR) is 99.4 cm³/mol. The van der Waals surface area contributed by atoms with Gasteiger partial charge in [-0.3, -0.25) is 4.79 Å². The normalized spacial score (nSPS) is 21.7. The number of hydrogen-bond donors (Lipinski definition) is 2. The molecule has 2 aromatic carbocycles. The summed E-state index contributed by atoms with van der Waals surface area (Å²) in [6, 6.07) is 13.5. The lowest BCUT2D eigenvalue weighted by molar-refractivity contribution is -0.139. The van der Waals surface area contributed by atoms with Crippen molar-refractivity contribution in [3.63, 3.8) is 0 Å². The molecule has 1 fully saturated rings. The number of rotatable bonds is 6. The minimum absolute atomic E-state index is 0.127. The largest absolute Gasteiger partial charge is 0.481 e. The summed E-state index contributed by atoms with van der Waals surface area (Å²) in [5.41, 5.74) is 1.52. The second-order valence-corrected chi connectivity index (χ2v) is 6.76. The van der Waals surface area contributed by atoms with Crippen LogP contribution in [0.2, 0.25) is 0 Å². The Morgan fingerprint density at radius 2 is 1.89 bits per heavy atom. The third-order valence-corrected chi connectivity index (χ3v) is 4.58. The average Bonchev–Trinajstić information content (AvgIpc) is 2.66. The maximum Gasteiger partial charge on any atom is 0.341 e. The molecule has 0 spiro atoms. The molecule has 6 nitrogen and oxygen atoms in total. The smallest absolute Gasteiger partial charge is 0.341 e. The maximum absolute atomic E-state index is 13.7. The van der Waals surface area contributed by atoms with Crippen LogP contribution in [0.1, 0.15) is 43.1 Å². The quantitative estimate of drug-likeness (QED) is 0.794. The van der Waals surface area contributed by atoms with Gasteiger partial charge in [0.25, 0.3) is 0 Å². The highest BCUT2D eigenvalue weighted by molar-refractivity contribution is 5.73. The topological polar surface area (TPSA) is 84.9 Å². The molecule has 1 heterocycles. The fourth-order valence-electron chi connectivity index (χ4n) is 3.45. The number of carboxylic acid groups (broad SMARTS) is 1. The van der Waals surface area contributed by atoms with Crippen molar-refractivity contribution >= 4 is 11.9 Å². The predicted octanol–water partition coefficient (Wildman–Crippen LogP) is 3.39. The molecule has 2 N–H and O–H groups in total. The Bertz CT molecular complexity index is 842. The molecule has 0 aromatic heterocycles. The Labute approximate surface area is 162 Å². The van der Waals surface area contributed by atoms with E-state index in [1.807, 2.05) is 30.3 Å². The fourth-order valence-corrected chi connectivity index (χ4v) is 3.45. The number of carbonyl (C=O) groups is 2. The summed E-state index contributed by atoms with van der Waals surface area (Å²) in [6.07, 6.45) is 0.319. The first-order valence-electron chi connectivity index (χ1n) is 9.04. The van der Waals surface area contributed by atoms with E-state index in [4.69, 9.17) is 14.6 Å². The van der Waals surface area contributed by atoms with E-state index in [0.717, 1.165) is 11.6 Å². The van der Waals surface area contributed by atoms with Crippen LogP contribution in [0.3, 0.4) is 0 Å². The van der Waals surface area contributed by atoms with Gasteiger partial charge in [0, 0.05) is 24.6 Å². The van der Waals surface area contributed by atoms with Crippen molar-refractivity contribution in [3.8, 4) is 5.75 Å². The number of aliphatic carboxylic acids is 1. The van der Waals surface area contributed by atoms with E-state index in [2.05, 4.69) is 5.32 Å². The number of amides is 1. The van der Waals surface area contributed by atoms with Crippen LogP contribution in [-0.4, -0.2) is 29.6 Å². The van der Waals surface area contributed by atoms with Gasteiger partial charge >= 0.3 is 5.97 Å². The van der Waals surface area contributed by atoms with E-state index < -0.39 is 24.5 Å². The van der Waals surface area contributed by atoms with Crippen LogP contribution in [0.4, 0.5) is 4.39 Å². The maximum atomic E-state index is 13.7. The molecule has 7 heteroatoms. The minimum Gasteiger partial charge on any atom is -0.481 e. The SMILES string of the molecule is CC(=O)N[C@H]1C[C@@H](c2ccccc2)O[C@@H](c2ccc(F)cc2OCC(=O)O)C1. The number of ether oxygens (including phenoxy) is 2. The first kappa shape index (κ1) is 19.8.